The summed E-state index contributed by atoms with van der Waals surface area (Å²) >= 11 is 1.47. The van der Waals surface area contributed by atoms with Gasteiger partial charge in [-0.15, -0.1) is 11.3 Å². The van der Waals surface area contributed by atoms with Crippen LogP contribution >= 0.6 is 11.3 Å². The quantitative estimate of drug-likeness (QED) is 0.198. The summed E-state index contributed by atoms with van der Waals surface area (Å²) in [7, 11) is 0. The number of urea groups is 1. The van der Waals surface area contributed by atoms with Gasteiger partial charge in [-0.3, -0.25) is 19.7 Å². The molecule has 2 aliphatic rings. The average molecular weight is 633 g/mol. The van der Waals surface area contributed by atoms with Crippen molar-refractivity contribution in [1.29, 1.82) is 0 Å². The van der Waals surface area contributed by atoms with E-state index >= 15 is 0 Å². The van der Waals surface area contributed by atoms with Crippen LogP contribution in [0.5, 0.6) is 11.5 Å². The Hall–Kier alpha value is -4.62. The zero-order valence-corrected chi connectivity index (χ0v) is 25.5. The minimum atomic E-state index is -0.592. The molecule has 2 fully saturated rings. The normalized spacial score (nSPS) is 15.4. The molecule has 3 aromatic heterocycles. The number of alkyl carbamates (subject to hydrolysis) is 1. The Balaban J connectivity index is 1.05. The number of piperidine rings is 1. The first kappa shape index (κ1) is 30.4. The molecule has 1 aliphatic heterocycles. The molecule has 11 nitrogen and oxygen atoms in total. The SMILES string of the molecule is CC(=O)COC(=O)NC1CCN(Cc2ccc(-c3cc4nccc(Oc5ccc(NC(=O)NC6CC6)cc5F)c4s3)nc2)CC1. The van der Waals surface area contributed by atoms with Crippen molar-refractivity contribution in [2.75, 3.05) is 25.0 Å². The van der Waals surface area contributed by atoms with Gasteiger partial charge in [-0.25, -0.2) is 14.0 Å². The lowest BCUT2D eigenvalue weighted by Crippen LogP contribution is -2.44. The highest BCUT2D eigenvalue weighted by atomic mass is 32.1. The summed E-state index contributed by atoms with van der Waals surface area (Å²) in [6.07, 6.45) is 6.45. The van der Waals surface area contributed by atoms with E-state index in [-0.39, 0.29) is 36.3 Å². The number of nitrogens with zero attached hydrogens (tertiary/aromatic N) is 3. The van der Waals surface area contributed by atoms with E-state index < -0.39 is 11.9 Å². The van der Waals surface area contributed by atoms with E-state index in [9.17, 15) is 18.8 Å². The second-order valence-corrected chi connectivity index (χ2v) is 12.3. The molecule has 1 aromatic carbocycles. The summed E-state index contributed by atoms with van der Waals surface area (Å²) in [4.78, 5) is 47.2. The molecule has 1 aliphatic carbocycles. The Bertz CT molecular complexity index is 1700. The molecule has 0 unspecified atom stereocenters. The maximum absolute atomic E-state index is 14.9. The number of amides is 3. The Morgan fingerprint density at radius 3 is 2.49 bits per heavy atom. The van der Waals surface area contributed by atoms with Crippen LogP contribution in [0, 0.1) is 5.82 Å². The van der Waals surface area contributed by atoms with Crippen LogP contribution in [0.3, 0.4) is 0 Å². The summed E-state index contributed by atoms with van der Waals surface area (Å²) in [5, 5.41) is 8.28. The van der Waals surface area contributed by atoms with Gasteiger partial charge >= 0.3 is 12.1 Å². The minimum absolute atomic E-state index is 0.0225. The number of benzene rings is 1. The lowest BCUT2D eigenvalue weighted by Gasteiger charge is -2.32. The van der Waals surface area contributed by atoms with Crippen LogP contribution in [0.15, 0.2) is 54.9 Å². The van der Waals surface area contributed by atoms with Crippen LogP contribution in [-0.4, -0.2) is 64.6 Å². The van der Waals surface area contributed by atoms with Crippen molar-refractivity contribution in [3.8, 4) is 22.1 Å². The maximum atomic E-state index is 14.9. The fraction of sp³-hybridized carbons (Fsp3) is 0.344. The molecule has 6 rings (SSSR count). The van der Waals surface area contributed by atoms with Crippen molar-refractivity contribution >= 4 is 45.1 Å². The summed E-state index contributed by atoms with van der Waals surface area (Å²) in [5.41, 5.74) is 2.94. The van der Waals surface area contributed by atoms with E-state index in [2.05, 4.69) is 31.9 Å². The predicted molar refractivity (Wildman–Crippen MR) is 168 cm³/mol. The largest absolute Gasteiger partial charge is 0.453 e. The molecule has 234 valence electrons. The average Bonchev–Trinajstić information content (AvgIpc) is 3.72. The van der Waals surface area contributed by atoms with Gasteiger partial charge in [0.05, 0.1) is 20.8 Å². The number of carbonyl (C=O) groups excluding carboxylic acids is 3. The van der Waals surface area contributed by atoms with Crippen LogP contribution in [0.4, 0.5) is 19.7 Å². The number of thiophene rings is 1. The molecule has 4 heterocycles. The second kappa shape index (κ2) is 13.6. The molecular weight excluding hydrogens is 599 g/mol. The van der Waals surface area contributed by atoms with E-state index in [4.69, 9.17) is 14.5 Å². The number of ketones is 1. The lowest BCUT2D eigenvalue weighted by molar-refractivity contribution is -0.119. The molecule has 3 N–H and O–H groups in total. The minimum Gasteiger partial charge on any atom is -0.453 e. The van der Waals surface area contributed by atoms with Crippen LogP contribution in [0.25, 0.3) is 20.8 Å². The predicted octanol–water partition coefficient (Wildman–Crippen LogP) is 5.85. The summed E-state index contributed by atoms with van der Waals surface area (Å²) in [6, 6.07) is 11.9. The third kappa shape index (κ3) is 8.11. The first-order valence-electron chi connectivity index (χ1n) is 14.8. The molecule has 1 saturated heterocycles. The van der Waals surface area contributed by atoms with Gasteiger partial charge in [0.15, 0.2) is 24.0 Å². The van der Waals surface area contributed by atoms with E-state index in [1.807, 2.05) is 18.3 Å². The molecule has 0 atom stereocenters. The number of carbonyl (C=O) groups is 3. The van der Waals surface area contributed by atoms with Crippen LogP contribution in [0.1, 0.15) is 38.2 Å². The monoisotopic (exact) mass is 632 g/mol. The summed E-state index contributed by atoms with van der Waals surface area (Å²) < 4.78 is 26.5. The Labute approximate surface area is 263 Å². The summed E-state index contributed by atoms with van der Waals surface area (Å²) in [6.45, 7) is 3.55. The molecule has 13 heteroatoms. The number of aromatic nitrogens is 2. The Morgan fingerprint density at radius 1 is 0.978 bits per heavy atom. The van der Waals surface area contributed by atoms with Gasteiger partial charge in [-0.2, -0.15) is 0 Å². The fourth-order valence-corrected chi connectivity index (χ4v) is 6.06. The van der Waals surface area contributed by atoms with Crippen LogP contribution in [0.2, 0.25) is 0 Å². The van der Waals surface area contributed by atoms with Gasteiger partial charge in [0, 0.05) is 61.9 Å². The second-order valence-electron chi connectivity index (χ2n) is 11.3. The molecule has 4 aromatic rings. The Morgan fingerprint density at radius 2 is 1.78 bits per heavy atom. The third-order valence-corrected chi connectivity index (χ3v) is 8.66. The van der Waals surface area contributed by atoms with E-state index in [0.29, 0.717) is 11.4 Å². The van der Waals surface area contributed by atoms with E-state index in [0.717, 1.165) is 71.7 Å². The highest BCUT2D eigenvalue weighted by Crippen LogP contribution is 2.39. The number of hydrogen-bond donors (Lipinski definition) is 3. The lowest BCUT2D eigenvalue weighted by atomic mass is 10.0. The van der Waals surface area contributed by atoms with Gasteiger partial charge in [0.2, 0.25) is 0 Å². The number of Topliss-reactive ketones (excluding diaryl/α,β-unsaturated/α-hetero) is 1. The van der Waals surface area contributed by atoms with Crippen molar-refractivity contribution in [1.82, 2.24) is 25.5 Å². The number of nitrogens with one attached hydrogen (secondary N) is 3. The first-order chi connectivity index (χ1) is 21.8. The van der Waals surface area contributed by atoms with Crippen molar-refractivity contribution in [3.05, 3.63) is 66.2 Å². The smallest absolute Gasteiger partial charge is 0.407 e. The topological polar surface area (TPSA) is 135 Å². The molecule has 1 saturated carbocycles. The maximum Gasteiger partial charge on any atom is 0.407 e. The number of pyridine rings is 2. The van der Waals surface area contributed by atoms with Crippen molar-refractivity contribution in [3.63, 3.8) is 0 Å². The van der Waals surface area contributed by atoms with Gasteiger partial charge < -0.3 is 25.4 Å². The number of anilines is 1. The van der Waals surface area contributed by atoms with Gasteiger partial charge in [-0.1, -0.05) is 6.07 Å². The summed E-state index contributed by atoms with van der Waals surface area (Å²) in [5.74, 6) is -0.266. The molecule has 45 heavy (non-hydrogen) atoms. The number of fused-ring (bicyclic) bond motifs is 1. The van der Waals surface area contributed by atoms with Crippen LogP contribution in [-0.2, 0) is 16.1 Å². The molecule has 3 amide bonds. The highest BCUT2D eigenvalue weighted by Gasteiger charge is 2.24. The number of ether oxygens (including phenoxy) is 2. The molecule has 0 spiro atoms. The zero-order chi connectivity index (χ0) is 31.3. The van der Waals surface area contributed by atoms with Gasteiger partial charge in [-0.05, 0) is 62.4 Å². The van der Waals surface area contributed by atoms with Gasteiger partial charge in [0.1, 0.15) is 5.75 Å². The number of halogens is 1. The Kier molecular flexibility index (Phi) is 9.17. The number of hydrogen-bond acceptors (Lipinski definition) is 9. The van der Waals surface area contributed by atoms with Crippen molar-refractivity contribution < 1.29 is 28.2 Å². The standard InChI is InChI=1S/C32H33FN6O5S/c1-19(40)18-43-32(42)38-22-9-12-39(13-10-22)17-20-2-6-25(35-16-20)29-15-26-30(45-29)28(8-11-34-26)44-27-7-5-23(14-24(27)33)37-31(41)36-21-3-4-21/h2,5-8,11,14-16,21-22H,3-4,9-10,12-13,17-18H2,1H3,(H,38,42)(H2,36,37,41). The van der Waals surface area contributed by atoms with Crippen molar-refractivity contribution in [2.24, 2.45) is 0 Å². The van der Waals surface area contributed by atoms with Gasteiger partial charge in [0.25, 0.3) is 0 Å². The first-order valence-corrected chi connectivity index (χ1v) is 15.6. The third-order valence-electron chi connectivity index (χ3n) is 7.50. The number of likely N-dealkylation sites (tertiary alicyclic amines) is 1. The molecule has 0 bridgehead atoms. The zero-order valence-electron chi connectivity index (χ0n) is 24.7. The highest BCUT2D eigenvalue weighted by molar-refractivity contribution is 7.22. The molecular formula is C32H33FN6O5S. The molecule has 0 radical (unpaired) electrons. The van der Waals surface area contributed by atoms with E-state index in [1.54, 1.807) is 18.3 Å². The van der Waals surface area contributed by atoms with Crippen LogP contribution < -0.4 is 20.7 Å². The van der Waals surface area contributed by atoms with Crippen molar-refractivity contribution in [2.45, 2.75) is 51.2 Å². The fourth-order valence-electron chi connectivity index (χ4n) is 5.01. The number of rotatable bonds is 10. The van der Waals surface area contributed by atoms with E-state index in [1.165, 1.54) is 30.4 Å².